The topological polar surface area (TPSA) is 72.7 Å². The molecule has 51 heavy (non-hydrogen) atoms. The van der Waals surface area contributed by atoms with Gasteiger partial charge >= 0.3 is 31.8 Å². The fourth-order valence-corrected chi connectivity index (χ4v) is 5.25. The molecule has 0 atom stereocenters. The first-order valence-electron chi connectivity index (χ1n) is 17.3. The molecule has 0 aromatic heterocycles. The zero-order chi connectivity index (χ0) is 36.3. The third kappa shape index (κ3) is 15.3. The number of hydrogen-bond donors (Lipinski definition) is 2. The molecule has 0 saturated heterocycles. The van der Waals surface area contributed by atoms with E-state index in [9.17, 15) is 9.90 Å². The van der Waals surface area contributed by atoms with Crippen molar-refractivity contribution in [2.45, 2.75) is 59.5 Å². The van der Waals surface area contributed by atoms with Gasteiger partial charge in [-0.3, -0.25) is 0 Å². The van der Waals surface area contributed by atoms with Crippen molar-refractivity contribution in [2.75, 3.05) is 19.6 Å². The molecule has 5 aromatic carbocycles. The van der Waals surface area contributed by atoms with Crippen LogP contribution in [0.15, 0.2) is 121 Å². The third-order valence-corrected chi connectivity index (χ3v) is 7.92. The molecule has 264 valence electrons. The van der Waals surface area contributed by atoms with Crippen LogP contribution in [0.2, 0.25) is 0 Å². The van der Waals surface area contributed by atoms with E-state index in [1.165, 1.54) is 11.1 Å². The van der Waals surface area contributed by atoms with Crippen molar-refractivity contribution in [3.8, 4) is 5.75 Å². The Kier molecular flexibility index (Phi) is 19.6. The second-order valence-corrected chi connectivity index (χ2v) is 12.8. The van der Waals surface area contributed by atoms with Crippen LogP contribution in [0.1, 0.15) is 88.8 Å². The number of ether oxygens (including phenoxy) is 1. The summed E-state index contributed by atoms with van der Waals surface area (Å²) in [6.07, 6.45) is 0.603. The molecule has 0 spiro atoms. The summed E-state index contributed by atoms with van der Waals surface area (Å²) in [7, 11) is 0. The van der Waals surface area contributed by atoms with Gasteiger partial charge in [0.1, 0.15) is 17.9 Å². The standard InChI is InChI=1S/C31H39N2O3.2C7H7.Hf/c1-21(2)26-12-9-13-27(22(3)4)29(26)33-17-16-32-15-14-25-18-23(5)19-28(30(25)34)31(35)36-20-24-10-7-6-8-11-24;2*1-7-5-3-2-4-6-7;/h6-13,18-19,21-22,32H,14-17,20H2,1-5H3,(H,34,35);2*2-6H,1H2;/q3*-1;+4. The van der Waals surface area contributed by atoms with Gasteiger partial charge < -0.3 is 20.5 Å². The largest absolute Gasteiger partial charge is 4.00 e. The zero-order valence-electron chi connectivity index (χ0n) is 30.9. The number of phenolic OH excluding ortho intramolecular Hbond substituents is 1. The van der Waals surface area contributed by atoms with E-state index in [0.717, 1.165) is 40.0 Å². The molecular formula is C45H53HfN2O3+. The van der Waals surface area contributed by atoms with E-state index >= 15 is 0 Å². The van der Waals surface area contributed by atoms with Crippen molar-refractivity contribution < 1.29 is 40.5 Å². The van der Waals surface area contributed by atoms with E-state index in [4.69, 9.17) is 10.1 Å². The van der Waals surface area contributed by atoms with Crippen molar-refractivity contribution in [3.05, 3.63) is 185 Å². The Morgan fingerprint density at radius 3 is 1.73 bits per heavy atom. The molecule has 6 heteroatoms. The summed E-state index contributed by atoms with van der Waals surface area (Å²) in [6.45, 7) is 20.4. The summed E-state index contributed by atoms with van der Waals surface area (Å²) in [4.78, 5) is 12.6. The van der Waals surface area contributed by atoms with E-state index in [2.05, 4.69) is 65.1 Å². The molecule has 0 amide bonds. The number of nitrogens with zero attached hydrogens (tertiary/aromatic N) is 1. The van der Waals surface area contributed by atoms with Gasteiger partial charge in [0.2, 0.25) is 0 Å². The van der Waals surface area contributed by atoms with Gasteiger partial charge in [0.15, 0.2) is 0 Å². The molecular weight excluding hydrogens is 795 g/mol. The number of benzene rings is 5. The Labute approximate surface area is 325 Å². The summed E-state index contributed by atoms with van der Waals surface area (Å²) in [6, 6.07) is 39.3. The average Bonchev–Trinajstić information content (AvgIpc) is 3.11. The zero-order valence-corrected chi connectivity index (χ0v) is 34.5. The molecule has 0 unspecified atom stereocenters. The number of aryl methyl sites for hydroxylation is 1. The van der Waals surface area contributed by atoms with Crippen LogP contribution < -0.4 is 5.32 Å². The molecule has 0 saturated carbocycles. The van der Waals surface area contributed by atoms with Gasteiger partial charge in [-0.25, -0.2) is 4.79 Å². The van der Waals surface area contributed by atoms with E-state index < -0.39 is 5.97 Å². The van der Waals surface area contributed by atoms with Crippen LogP contribution >= 0.6 is 0 Å². The Balaban J connectivity index is 0.000000494. The third-order valence-electron chi connectivity index (χ3n) is 7.92. The van der Waals surface area contributed by atoms with Crippen molar-refractivity contribution in [1.82, 2.24) is 5.32 Å². The SMILES string of the molecule is Cc1cc(CCNCC[N-]c2c(C(C)C)cccc2C(C)C)c(O)c(C(=O)OCc2ccccc2)c1.[CH2-]c1ccccc1.[CH2-]c1ccccc1.[Hf+4]. The minimum atomic E-state index is -0.516. The maximum absolute atomic E-state index is 12.6. The number of phenols is 1. The van der Waals surface area contributed by atoms with Crippen molar-refractivity contribution in [1.29, 1.82) is 0 Å². The predicted molar refractivity (Wildman–Crippen MR) is 209 cm³/mol. The van der Waals surface area contributed by atoms with Gasteiger partial charge in [0.25, 0.3) is 0 Å². The minimum absolute atomic E-state index is 0. The Morgan fingerprint density at radius 2 is 1.25 bits per heavy atom. The first kappa shape index (κ1) is 42.9. The number of nitrogens with one attached hydrogen (secondary N) is 1. The first-order valence-corrected chi connectivity index (χ1v) is 17.3. The van der Waals surface area contributed by atoms with Gasteiger partial charge in [0.05, 0.1) is 0 Å². The molecule has 0 aliphatic heterocycles. The smallest absolute Gasteiger partial charge is 0.683 e. The minimum Gasteiger partial charge on any atom is -0.683 e. The first-order chi connectivity index (χ1) is 24.1. The van der Waals surface area contributed by atoms with Crippen LogP contribution in [0.4, 0.5) is 5.69 Å². The molecule has 0 aliphatic carbocycles. The number of para-hydroxylation sites is 1. The molecule has 0 heterocycles. The summed E-state index contributed by atoms with van der Waals surface area (Å²) >= 11 is 0. The van der Waals surface area contributed by atoms with Crippen LogP contribution in [0.5, 0.6) is 5.75 Å². The second-order valence-electron chi connectivity index (χ2n) is 12.8. The van der Waals surface area contributed by atoms with Crippen LogP contribution in [0.3, 0.4) is 0 Å². The number of rotatable bonds is 12. The number of carbonyl (C=O) groups is 1. The van der Waals surface area contributed by atoms with Crippen molar-refractivity contribution in [3.63, 3.8) is 0 Å². The molecule has 0 radical (unpaired) electrons. The fraction of sp³-hybridized carbons (Fsp3) is 0.267. The average molecular weight is 848 g/mol. The van der Waals surface area contributed by atoms with Crippen molar-refractivity contribution >= 4 is 11.7 Å². The van der Waals surface area contributed by atoms with Crippen LogP contribution in [-0.2, 0) is 43.6 Å². The normalized spacial score (nSPS) is 10.3. The van der Waals surface area contributed by atoms with Gasteiger partial charge in [-0.15, -0.1) is 36.5 Å². The number of aromatic hydroxyl groups is 1. The summed E-state index contributed by atoms with van der Waals surface area (Å²) in [5, 5.41) is 19.1. The molecule has 0 fully saturated rings. The Bertz CT molecular complexity index is 1640. The Hall–Kier alpha value is -4.26. The molecule has 2 N–H and O–H groups in total. The van der Waals surface area contributed by atoms with Gasteiger partial charge in [-0.1, -0.05) is 106 Å². The number of esters is 1. The van der Waals surface area contributed by atoms with Crippen LogP contribution in [-0.4, -0.2) is 30.7 Å². The fourth-order valence-electron chi connectivity index (χ4n) is 5.25. The maximum Gasteiger partial charge on any atom is 4.00 e. The van der Waals surface area contributed by atoms with E-state index in [-0.39, 0.29) is 43.8 Å². The number of carbonyl (C=O) groups excluding carboxylic acids is 1. The second kappa shape index (κ2) is 23.3. The van der Waals surface area contributed by atoms with E-state index in [0.29, 0.717) is 31.3 Å². The predicted octanol–water partition coefficient (Wildman–Crippen LogP) is 10.9. The van der Waals surface area contributed by atoms with Crippen molar-refractivity contribution in [2.24, 2.45) is 0 Å². The van der Waals surface area contributed by atoms with Crippen LogP contribution in [0.25, 0.3) is 5.32 Å². The molecule has 0 bridgehead atoms. The number of hydrogen-bond acceptors (Lipinski definition) is 4. The summed E-state index contributed by atoms with van der Waals surface area (Å²) in [5.41, 5.74) is 8.61. The molecule has 0 aliphatic rings. The Morgan fingerprint density at radius 1 is 0.745 bits per heavy atom. The summed E-state index contributed by atoms with van der Waals surface area (Å²) < 4.78 is 5.43. The molecule has 5 aromatic rings. The maximum atomic E-state index is 12.6. The van der Waals surface area contributed by atoms with Gasteiger partial charge in [0, 0.05) is 0 Å². The van der Waals surface area contributed by atoms with Gasteiger partial charge in [-0.2, -0.15) is 49.2 Å². The van der Waals surface area contributed by atoms with Gasteiger partial charge in [-0.05, 0) is 61.0 Å². The van der Waals surface area contributed by atoms with E-state index in [1.54, 1.807) is 6.07 Å². The summed E-state index contributed by atoms with van der Waals surface area (Å²) in [5.74, 6) is 0.331. The van der Waals surface area contributed by atoms with E-state index in [1.807, 2.05) is 104 Å². The molecule has 5 nitrogen and oxygen atoms in total. The quantitative estimate of drug-likeness (QED) is 0.0568. The molecule has 5 rings (SSSR count). The monoisotopic (exact) mass is 849 g/mol. The van der Waals surface area contributed by atoms with Crippen LogP contribution in [0, 0.1) is 20.8 Å².